The molecule has 2 unspecified atom stereocenters. The molecule has 2 N–H and O–H groups in total. The Bertz CT molecular complexity index is 1100. The quantitative estimate of drug-likeness (QED) is 0.446. The van der Waals surface area contributed by atoms with E-state index in [-0.39, 0.29) is 16.8 Å². The van der Waals surface area contributed by atoms with Crippen molar-refractivity contribution in [3.8, 4) is 0 Å². The molecule has 0 saturated carbocycles. The average molecular weight is 459 g/mol. The molecular weight excluding hydrogens is 437 g/mol. The summed E-state index contributed by atoms with van der Waals surface area (Å²) in [5.74, 6) is -0.472. The number of hydrogen-bond acceptors (Lipinski definition) is 2. The van der Waals surface area contributed by atoms with Crippen LogP contribution in [0.4, 0.5) is 18.9 Å². The van der Waals surface area contributed by atoms with Crippen LogP contribution < -0.4 is 10.6 Å². The fourth-order valence-corrected chi connectivity index (χ4v) is 4.26. The smallest absolute Gasteiger partial charge is 0.323 e. The molecule has 0 radical (unpaired) electrons. The lowest BCUT2D eigenvalue weighted by atomic mass is 9.87. The minimum atomic E-state index is -4.53. The second-order valence-electron chi connectivity index (χ2n) is 7.84. The van der Waals surface area contributed by atoms with E-state index in [1.165, 1.54) is 5.56 Å². The summed E-state index contributed by atoms with van der Waals surface area (Å²) in [4.78, 5) is 13.3. The molecule has 0 saturated heterocycles. The topological polar surface area (TPSA) is 41.1 Å². The van der Waals surface area contributed by atoms with Crippen LogP contribution in [0.2, 0.25) is 5.02 Å². The zero-order valence-corrected chi connectivity index (χ0v) is 17.9. The zero-order chi connectivity index (χ0) is 22.7. The lowest BCUT2D eigenvalue weighted by Crippen LogP contribution is -2.37. The first kappa shape index (κ1) is 22.4. The van der Waals surface area contributed by atoms with Crippen LogP contribution in [0.5, 0.6) is 0 Å². The number of rotatable bonds is 5. The number of carbonyl (C=O) groups excluding carboxylic acids is 1. The van der Waals surface area contributed by atoms with Crippen LogP contribution in [-0.2, 0) is 17.4 Å². The number of amides is 1. The number of hydrogen-bond donors (Lipinski definition) is 2. The van der Waals surface area contributed by atoms with E-state index in [9.17, 15) is 18.0 Å². The van der Waals surface area contributed by atoms with Crippen LogP contribution in [0.3, 0.4) is 0 Å². The van der Waals surface area contributed by atoms with E-state index in [1.807, 2.05) is 42.5 Å². The summed E-state index contributed by atoms with van der Waals surface area (Å²) in [6, 6.07) is 19.3. The van der Waals surface area contributed by atoms with Gasteiger partial charge in [-0.3, -0.25) is 10.1 Å². The highest BCUT2D eigenvalue weighted by molar-refractivity contribution is 6.33. The van der Waals surface area contributed by atoms with Crippen molar-refractivity contribution in [1.82, 2.24) is 5.32 Å². The third kappa shape index (κ3) is 4.97. The van der Waals surface area contributed by atoms with Gasteiger partial charge in [0.1, 0.15) is 6.04 Å². The van der Waals surface area contributed by atoms with Crippen LogP contribution >= 0.6 is 11.6 Å². The Morgan fingerprint density at radius 2 is 1.72 bits per heavy atom. The Labute approximate surface area is 189 Å². The number of benzene rings is 3. The predicted octanol–water partition coefficient (Wildman–Crippen LogP) is 6.71. The maximum atomic E-state index is 13.3. The lowest BCUT2D eigenvalue weighted by Gasteiger charge is -2.30. The molecule has 3 nitrogen and oxygen atoms in total. The maximum Gasteiger partial charge on any atom is 0.416 e. The number of anilines is 1. The van der Waals surface area contributed by atoms with Crippen LogP contribution in [0.15, 0.2) is 72.8 Å². The highest BCUT2D eigenvalue weighted by atomic mass is 35.5. The van der Waals surface area contributed by atoms with Gasteiger partial charge >= 0.3 is 6.18 Å². The second-order valence-corrected chi connectivity index (χ2v) is 8.24. The largest absolute Gasteiger partial charge is 0.416 e. The Balaban J connectivity index is 1.63. The van der Waals surface area contributed by atoms with Gasteiger partial charge in [-0.15, -0.1) is 0 Å². The first-order valence-electron chi connectivity index (χ1n) is 10.4. The summed E-state index contributed by atoms with van der Waals surface area (Å²) in [7, 11) is 0. The van der Waals surface area contributed by atoms with Gasteiger partial charge in [-0.05, 0) is 54.2 Å². The second kappa shape index (κ2) is 9.35. The average Bonchev–Trinajstić information content (AvgIpc) is 2.78. The van der Waals surface area contributed by atoms with E-state index >= 15 is 0 Å². The normalized spacial score (nSPS) is 16.8. The van der Waals surface area contributed by atoms with Crippen molar-refractivity contribution in [2.75, 3.05) is 5.32 Å². The van der Waals surface area contributed by atoms with E-state index in [1.54, 1.807) is 0 Å². The monoisotopic (exact) mass is 458 g/mol. The molecule has 166 valence electrons. The van der Waals surface area contributed by atoms with Gasteiger partial charge in [0.25, 0.3) is 0 Å². The predicted molar refractivity (Wildman–Crippen MR) is 120 cm³/mol. The van der Waals surface area contributed by atoms with Crippen molar-refractivity contribution in [3.05, 3.63) is 100 Å². The van der Waals surface area contributed by atoms with Gasteiger partial charge in [-0.25, -0.2) is 0 Å². The van der Waals surface area contributed by atoms with Gasteiger partial charge in [0.15, 0.2) is 0 Å². The van der Waals surface area contributed by atoms with E-state index in [2.05, 4.69) is 22.8 Å². The van der Waals surface area contributed by atoms with E-state index in [0.29, 0.717) is 0 Å². The Morgan fingerprint density at radius 1 is 1.00 bits per heavy atom. The molecule has 3 aromatic carbocycles. The Kier molecular flexibility index (Phi) is 6.53. The molecule has 0 aliphatic heterocycles. The molecule has 4 rings (SSSR count). The summed E-state index contributed by atoms with van der Waals surface area (Å²) in [5.41, 5.74) is 2.16. The number of nitrogens with one attached hydrogen (secondary N) is 2. The number of fused-ring (bicyclic) bond motifs is 1. The van der Waals surface area contributed by atoms with Crippen LogP contribution in [0.25, 0.3) is 0 Å². The van der Waals surface area contributed by atoms with E-state index in [0.717, 1.165) is 48.6 Å². The highest BCUT2D eigenvalue weighted by Gasteiger charge is 2.32. The van der Waals surface area contributed by atoms with Crippen LogP contribution in [0.1, 0.15) is 47.2 Å². The molecule has 0 spiro atoms. The lowest BCUT2D eigenvalue weighted by molar-refractivity contribution is -0.137. The van der Waals surface area contributed by atoms with Crippen LogP contribution in [-0.4, -0.2) is 5.91 Å². The van der Waals surface area contributed by atoms with Crippen molar-refractivity contribution in [2.45, 2.75) is 37.5 Å². The summed E-state index contributed by atoms with van der Waals surface area (Å²) in [5, 5.41) is 6.08. The Morgan fingerprint density at radius 3 is 2.47 bits per heavy atom. The molecule has 32 heavy (non-hydrogen) atoms. The minimum absolute atomic E-state index is 0.0428. The summed E-state index contributed by atoms with van der Waals surface area (Å²) < 4.78 is 39.4. The third-order valence-corrected chi connectivity index (χ3v) is 6.01. The van der Waals surface area contributed by atoms with Gasteiger partial charge in [0, 0.05) is 6.04 Å². The fourth-order valence-electron chi connectivity index (χ4n) is 4.10. The highest BCUT2D eigenvalue weighted by Crippen LogP contribution is 2.35. The van der Waals surface area contributed by atoms with Gasteiger partial charge in [0.05, 0.1) is 16.3 Å². The fraction of sp³-hybridized carbons (Fsp3) is 0.240. The Hall–Kier alpha value is -2.83. The third-order valence-electron chi connectivity index (χ3n) is 5.68. The molecule has 0 bridgehead atoms. The number of aryl methyl sites for hydroxylation is 1. The summed E-state index contributed by atoms with van der Waals surface area (Å²) >= 11 is 6.10. The summed E-state index contributed by atoms with van der Waals surface area (Å²) in [6.45, 7) is 0. The minimum Gasteiger partial charge on any atom is -0.323 e. The first-order chi connectivity index (χ1) is 15.3. The molecule has 0 fully saturated rings. The number of carbonyl (C=O) groups is 1. The maximum absolute atomic E-state index is 13.3. The van der Waals surface area contributed by atoms with Crippen LogP contribution in [0, 0.1) is 0 Å². The SMILES string of the molecule is O=C(Nc1cc(C(F)(F)F)ccc1Cl)C(NC1CCCc2ccccc21)c1ccccc1. The molecule has 1 amide bonds. The molecule has 0 aromatic heterocycles. The standard InChI is InChI=1S/C25H22ClF3N2O/c26-20-14-13-18(25(27,28)29)15-22(20)31-24(32)23(17-8-2-1-3-9-17)30-21-12-6-10-16-7-4-5-11-19(16)21/h1-5,7-9,11,13-15,21,23,30H,6,10,12H2,(H,31,32). The van der Waals surface area contributed by atoms with E-state index in [4.69, 9.17) is 11.6 Å². The van der Waals surface area contributed by atoms with Crippen molar-refractivity contribution in [3.63, 3.8) is 0 Å². The molecule has 3 aromatic rings. The van der Waals surface area contributed by atoms with Crippen molar-refractivity contribution in [1.29, 1.82) is 0 Å². The molecule has 2 atom stereocenters. The molecule has 1 aliphatic carbocycles. The molecule has 7 heteroatoms. The number of halogens is 4. The number of alkyl halides is 3. The van der Waals surface area contributed by atoms with Gasteiger partial charge < -0.3 is 5.32 Å². The van der Waals surface area contributed by atoms with Gasteiger partial charge in [-0.2, -0.15) is 13.2 Å². The molecular formula is C25H22ClF3N2O. The van der Waals surface area contributed by atoms with Crippen molar-refractivity contribution >= 4 is 23.2 Å². The van der Waals surface area contributed by atoms with Crippen molar-refractivity contribution < 1.29 is 18.0 Å². The van der Waals surface area contributed by atoms with Crippen molar-refractivity contribution in [2.24, 2.45) is 0 Å². The zero-order valence-electron chi connectivity index (χ0n) is 17.1. The molecule has 0 heterocycles. The summed E-state index contributed by atoms with van der Waals surface area (Å²) in [6.07, 6.45) is -1.71. The van der Waals surface area contributed by atoms with Gasteiger partial charge in [0.2, 0.25) is 5.91 Å². The van der Waals surface area contributed by atoms with E-state index < -0.39 is 23.7 Å². The van der Waals surface area contributed by atoms with Gasteiger partial charge in [-0.1, -0.05) is 66.2 Å². The first-order valence-corrected chi connectivity index (χ1v) is 10.8. The molecule has 1 aliphatic rings.